The molecule has 2 atom stereocenters. The quantitative estimate of drug-likeness (QED) is 0.497. The van der Waals surface area contributed by atoms with Crippen molar-refractivity contribution in [2.24, 2.45) is 23.7 Å². The van der Waals surface area contributed by atoms with Crippen molar-refractivity contribution < 1.29 is 0 Å². The maximum absolute atomic E-state index is 2.45. The minimum atomic E-state index is 0.868. The third kappa shape index (κ3) is 6.98. The lowest BCUT2D eigenvalue weighted by Gasteiger charge is -2.24. The van der Waals surface area contributed by atoms with Gasteiger partial charge in [-0.2, -0.15) is 0 Å². The van der Waals surface area contributed by atoms with Crippen LogP contribution >= 0.6 is 0 Å². The Kier molecular flexibility index (Phi) is 8.19. The molecule has 0 aromatic rings. The van der Waals surface area contributed by atoms with Crippen LogP contribution in [-0.2, 0) is 0 Å². The molecule has 2 unspecified atom stereocenters. The minimum absolute atomic E-state index is 0.868. The summed E-state index contributed by atoms with van der Waals surface area (Å²) in [5.74, 6) is 3.65. The molecule has 0 aliphatic carbocycles. The van der Waals surface area contributed by atoms with Crippen LogP contribution in [0.3, 0.4) is 0 Å². The van der Waals surface area contributed by atoms with Crippen molar-refractivity contribution >= 4 is 0 Å². The van der Waals surface area contributed by atoms with Crippen LogP contribution in [0.15, 0.2) is 0 Å². The lowest BCUT2D eigenvalue weighted by molar-refractivity contribution is 0.269. The highest BCUT2D eigenvalue weighted by molar-refractivity contribution is 4.67. The van der Waals surface area contributed by atoms with E-state index in [0.29, 0.717) is 0 Å². The van der Waals surface area contributed by atoms with Gasteiger partial charge in [0.25, 0.3) is 0 Å². The highest BCUT2D eigenvalue weighted by atomic mass is 14.2. The van der Waals surface area contributed by atoms with Gasteiger partial charge in [0, 0.05) is 0 Å². The van der Waals surface area contributed by atoms with Gasteiger partial charge in [-0.3, -0.25) is 0 Å². The summed E-state index contributed by atoms with van der Waals surface area (Å²) in [6.07, 6.45) is 6.97. The topological polar surface area (TPSA) is 0 Å². The molecule has 0 heterocycles. The first-order chi connectivity index (χ1) is 7.01. The van der Waals surface area contributed by atoms with E-state index >= 15 is 0 Å². The van der Waals surface area contributed by atoms with Gasteiger partial charge in [0.2, 0.25) is 0 Å². The van der Waals surface area contributed by atoms with Crippen molar-refractivity contribution in [1.82, 2.24) is 0 Å². The van der Waals surface area contributed by atoms with E-state index in [1.165, 1.54) is 32.1 Å². The van der Waals surface area contributed by atoms with E-state index in [9.17, 15) is 0 Å². The molecule has 0 fully saturated rings. The molecular formula is C15H32. The predicted octanol–water partition coefficient (Wildman–Crippen LogP) is 5.52. The Bertz CT molecular complexity index is 133. The van der Waals surface area contributed by atoms with Gasteiger partial charge in [-0.25, -0.2) is 0 Å². The van der Waals surface area contributed by atoms with E-state index < -0.39 is 0 Å². The second-order valence-corrected chi connectivity index (χ2v) is 5.84. The SMILES string of the molecule is CCC(CC)CC(C)C(C)CCC(C)C. The summed E-state index contributed by atoms with van der Waals surface area (Å²) in [5, 5.41) is 0. The highest BCUT2D eigenvalue weighted by Crippen LogP contribution is 2.27. The summed E-state index contributed by atoms with van der Waals surface area (Å²) in [7, 11) is 0. The first kappa shape index (κ1) is 15.0. The molecule has 0 aliphatic rings. The third-order valence-corrected chi connectivity index (χ3v) is 4.03. The Hall–Kier alpha value is 0. The molecule has 0 spiro atoms. The fourth-order valence-corrected chi connectivity index (χ4v) is 2.26. The molecular weight excluding hydrogens is 180 g/mol. The Balaban J connectivity index is 3.81. The van der Waals surface area contributed by atoms with Crippen LogP contribution in [0.25, 0.3) is 0 Å². The summed E-state index contributed by atoms with van der Waals surface area (Å²) in [6, 6.07) is 0. The number of hydrogen-bond acceptors (Lipinski definition) is 0. The number of rotatable bonds is 8. The lowest BCUT2D eigenvalue weighted by atomic mass is 9.82. The Labute approximate surface area is 97.8 Å². The third-order valence-electron chi connectivity index (χ3n) is 4.03. The molecule has 0 aliphatic heterocycles. The fraction of sp³-hybridized carbons (Fsp3) is 1.00. The second kappa shape index (κ2) is 8.19. The van der Waals surface area contributed by atoms with Crippen molar-refractivity contribution in [2.45, 2.75) is 73.6 Å². The summed E-state index contributed by atoms with van der Waals surface area (Å²) in [4.78, 5) is 0. The maximum Gasteiger partial charge on any atom is -0.0414 e. The van der Waals surface area contributed by atoms with Gasteiger partial charge >= 0.3 is 0 Å². The standard InChI is InChI=1S/C15H32/c1-7-15(8-2)11-14(6)13(5)10-9-12(3)4/h12-15H,7-11H2,1-6H3. The molecule has 0 radical (unpaired) electrons. The zero-order valence-electron chi connectivity index (χ0n) is 11.8. The predicted molar refractivity (Wildman–Crippen MR) is 71.1 cm³/mol. The normalized spacial score (nSPS) is 16.0. The van der Waals surface area contributed by atoms with Crippen LogP contribution in [0.4, 0.5) is 0 Å². The summed E-state index contributed by atoms with van der Waals surface area (Å²) in [6.45, 7) is 14.2. The zero-order chi connectivity index (χ0) is 11.8. The van der Waals surface area contributed by atoms with Gasteiger partial charge in [-0.1, -0.05) is 67.2 Å². The van der Waals surface area contributed by atoms with Crippen molar-refractivity contribution in [1.29, 1.82) is 0 Å². The largest absolute Gasteiger partial charge is 0.0651 e. The summed E-state index contributed by atoms with van der Waals surface area (Å²) in [5.41, 5.74) is 0. The van der Waals surface area contributed by atoms with Crippen molar-refractivity contribution in [3.63, 3.8) is 0 Å². The van der Waals surface area contributed by atoms with Crippen molar-refractivity contribution in [2.75, 3.05) is 0 Å². The Morgan fingerprint density at radius 3 is 1.67 bits per heavy atom. The van der Waals surface area contributed by atoms with Gasteiger partial charge in [-0.15, -0.1) is 0 Å². The molecule has 0 bridgehead atoms. The second-order valence-electron chi connectivity index (χ2n) is 5.84. The average molecular weight is 212 g/mol. The average Bonchev–Trinajstić information content (AvgIpc) is 2.21. The molecule has 0 aromatic heterocycles. The zero-order valence-corrected chi connectivity index (χ0v) is 11.8. The molecule has 0 nitrogen and oxygen atoms in total. The van der Waals surface area contributed by atoms with Crippen LogP contribution in [0.1, 0.15) is 73.6 Å². The van der Waals surface area contributed by atoms with Gasteiger partial charge < -0.3 is 0 Å². The Morgan fingerprint density at radius 1 is 0.733 bits per heavy atom. The smallest absolute Gasteiger partial charge is 0.0414 e. The molecule has 0 N–H and O–H groups in total. The monoisotopic (exact) mass is 212 g/mol. The highest BCUT2D eigenvalue weighted by Gasteiger charge is 2.16. The van der Waals surface area contributed by atoms with Crippen molar-refractivity contribution in [3.8, 4) is 0 Å². The van der Waals surface area contributed by atoms with Gasteiger partial charge in [0.1, 0.15) is 0 Å². The van der Waals surface area contributed by atoms with Crippen molar-refractivity contribution in [3.05, 3.63) is 0 Å². The van der Waals surface area contributed by atoms with Crippen LogP contribution in [0.5, 0.6) is 0 Å². The van der Waals surface area contributed by atoms with E-state index in [2.05, 4.69) is 41.5 Å². The molecule has 0 saturated carbocycles. The molecule has 0 saturated heterocycles. The van der Waals surface area contributed by atoms with E-state index in [1.807, 2.05) is 0 Å². The molecule has 0 aromatic carbocycles. The van der Waals surface area contributed by atoms with Gasteiger partial charge in [0.05, 0.1) is 0 Å². The molecule has 0 rings (SSSR count). The molecule has 0 amide bonds. The van der Waals surface area contributed by atoms with E-state index in [-0.39, 0.29) is 0 Å². The summed E-state index contributed by atoms with van der Waals surface area (Å²) >= 11 is 0. The number of hydrogen-bond donors (Lipinski definition) is 0. The van der Waals surface area contributed by atoms with Crippen LogP contribution in [0, 0.1) is 23.7 Å². The lowest BCUT2D eigenvalue weighted by Crippen LogP contribution is -2.13. The Morgan fingerprint density at radius 2 is 1.27 bits per heavy atom. The maximum atomic E-state index is 2.45. The fourth-order valence-electron chi connectivity index (χ4n) is 2.26. The molecule has 0 heteroatoms. The molecule has 15 heavy (non-hydrogen) atoms. The van der Waals surface area contributed by atoms with Gasteiger partial charge in [-0.05, 0) is 30.1 Å². The van der Waals surface area contributed by atoms with E-state index in [0.717, 1.165) is 23.7 Å². The first-order valence-corrected chi connectivity index (χ1v) is 7.01. The van der Waals surface area contributed by atoms with Crippen LogP contribution in [-0.4, -0.2) is 0 Å². The van der Waals surface area contributed by atoms with Crippen LogP contribution < -0.4 is 0 Å². The van der Waals surface area contributed by atoms with E-state index in [1.54, 1.807) is 0 Å². The van der Waals surface area contributed by atoms with Gasteiger partial charge in [0.15, 0.2) is 0 Å². The van der Waals surface area contributed by atoms with E-state index in [4.69, 9.17) is 0 Å². The first-order valence-electron chi connectivity index (χ1n) is 7.01. The van der Waals surface area contributed by atoms with Crippen LogP contribution in [0.2, 0.25) is 0 Å². The summed E-state index contributed by atoms with van der Waals surface area (Å²) < 4.78 is 0. The molecule has 92 valence electrons. The minimum Gasteiger partial charge on any atom is -0.0651 e.